The van der Waals surface area contributed by atoms with Crippen molar-refractivity contribution in [2.45, 2.75) is 32.3 Å². The molecule has 2 aromatic rings. The van der Waals surface area contributed by atoms with Gasteiger partial charge < -0.3 is 10.1 Å². The fourth-order valence-corrected chi connectivity index (χ4v) is 2.05. The predicted octanol–water partition coefficient (Wildman–Crippen LogP) is 2.53. The van der Waals surface area contributed by atoms with Gasteiger partial charge in [-0.1, -0.05) is 12.1 Å². The highest BCUT2D eigenvalue weighted by atomic mass is 19.4. The van der Waals surface area contributed by atoms with E-state index in [9.17, 15) is 18.0 Å². The highest BCUT2D eigenvalue weighted by Crippen LogP contribution is 2.22. The second-order valence-electron chi connectivity index (χ2n) is 5.07. The van der Waals surface area contributed by atoms with Crippen molar-refractivity contribution in [2.75, 3.05) is 0 Å². The van der Waals surface area contributed by atoms with Gasteiger partial charge in [0.25, 0.3) is 0 Å². The Balaban J connectivity index is 1.82. The van der Waals surface area contributed by atoms with Gasteiger partial charge in [-0.2, -0.15) is 5.10 Å². The van der Waals surface area contributed by atoms with Gasteiger partial charge in [0, 0.05) is 18.4 Å². The Bertz CT molecular complexity index is 624. The summed E-state index contributed by atoms with van der Waals surface area (Å²) in [6, 6.07) is 6.90. The van der Waals surface area contributed by atoms with Crippen molar-refractivity contribution in [3.63, 3.8) is 0 Å². The van der Waals surface area contributed by atoms with Crippen LogP contribution in [0, 0.1) is 0 Å². The molecule has 0 aliphatic rings. The normalized spacial score (nSPS) is 12.7. The first-order chi connectivity index (χ1) is 10.8. The summed E-state index contributed by atoms with van der Waals surface area (Å²) in [5.74, 6) is -0.525. The Morgan fingerprint density at radius 1 is 1.35 bits per heavy atom. The third-order valence-corrected chi connectivity index (χ3v) is 2.95. The zero-order valence-electron chi connectivity index (χ0n) is 12.4. The minimum atomic E-state index is -4.72. The first-order valence-electron chi connectivity index (χ1n) is 6.93. The number of hydrogen-bond donors (Lipinski definition) is 1. The molecule has 5 nitrogen and oxygen atoms in total. The van der Waals surface area contributed by atoms with Crippen LogP contribution < -0.4 is 10.1 Å². The number of hydrogen-bond acceptors (Lipinski definition) is 3. The monoisotopic (exact) mass is 327 g/mol. The number of ether oxygens (including phenoxy) is 1. The summed E-state index contributed by atoms with van der Waals surface area (Å²) in [5.41, 5.74) is 0.600. The van der Waals surface area contributed by atoms with E-state index in [1.807, 2.05) is 6.92 Å². The number of nitrogens with one attached hydrogen (secondary N) is 1. The van der Waals surface area contributed by atoms with E-state index in [4.69, 9.17) is 0 Å². The van der Waals surface area contributed by atoms with Crippen molar-refractivity contribution in [1.29, 1.82) is 0 Å². The molecule has 1 aromatic heterocycles. The maximum absolute atomic E-state index is 12.1. The minimum absolute atomic E-state index is 0.0791. The molecule has 1 amide bonds. The SMILES string of the molecule is C[C@@H](Cn1cccn1)NC(=O)Cc1ccc(OC(F)(F)F)cc1. The molecule has 1 N–H and O–H groups in total. The van der Waals surface area contributed by atoms with Crippen molar-refractivity contribution >= 4 is 5.91 Å². The maximum Gasteiger partial charge on any atom is 0.573 e. The first-order valence-corrected chi connectivity index (χ1v) is 6.93. The van der Waals surface area contributed by atoms with E-state index in [1.165, 1.54) is 24.3 Å². The number of halogens is 3. The number of amides is 1. The lowest BCUT2D eigenvalue weighted by Gasteiger charge is -2.14. The third-order valence-electron chi connectivity index (χ3n) is 2.95. The number of benzene rings is 1. The number of nitrogens with zero attached hydrogens (tertiary/aromatic N) is 2. The molecule has 1 heterocycles. The standard InChI is InChI=1S/C15H16F3N3O2/c1-11(10-21-8-2-7-19-21)20-14(22)9-12-3-5-13(6-4-12)23-15(16,17)18/h2-8,11H,9-10H2,1H3,(H,20,22)/t11-/m0/s1. The molecule has 0 fully saturated rings. The van der Waals surface area contributed by atoms with Gasteiger partial charge in [0.1, 0.15) is 5.75 Å². The topological polar surface area (TPSA) is 56.2 Å². The van der Waals surface area contributed by atoms with Crippen LogP contribution in [0.25, 0.3) is 0 Å². The Morgan fingerprint density at radius 3 is 2.61 bits per heavy atom. The summed E-state index contributed by atoms with van der Waals surface area (Å²) in [5, 5.41) is 6.85. The van der Waals surface area contributed by atoms with Crippen LogP contribution in [0.15, 0.2) is 42.7 Å². The molecule has 0 spiro atoms. The molecule has 0 saturated carbocycles. The third kappa shape index (κ3) is 6.01. The molecular formula is C15H16F3N3O2. The Hall–Kier alpha value is -2.51. The smallest absolute Gasteiger partial charge is 0.406 e. The van der Waals surface area contributed by atoms with Crippen LogP contribution in [0.5, 0.6) is 5.75 Å². The second kappa shape index (κ2) is 7.17. The molecule has 0 unspecified atom stereocenters. The number of carbonyl (C=O) groups is 1. The second-order valence-corrected chi connectivity index (χ2v) is 5.07. The molecule has 1 atom stereocenters. The van der Waals surface area contributed by atoms with E-state index < -0.39 is 6.36 Å². The number of alkyl halides is 3. The molecule has 0 saturated heterocycles. The molecule has 124 valence electrons. The van der Waals surface area contributed by atoms with Gasteiger partial charge in [-0.15, -0.1) is 13.2 Å². The Kier molecular flexibility index (Phi) is 5.25. The molecule has 23 heavy (non-hydrogen) atoms. The molecule has 0 aliphatic carbocycles. The van der Waals surface area contributed by atoms with E-state index >= 15 is 0 Å². The Morgan fingerprint density at radius 2 is 2.04 bits per heavy atom. The van der Waals surface area contributed by atoms with Crippen LogP contribution in [-0.2, 0) is 17.8 Å². The van der Waals surface area contributed by atoms with Gasteiger partial charge in [0.15, 0.2) is 0 Å². The van der Waals surface area contributed by atoms with E-state index in [0.717, 1.165) is 0 Å². The van der Waals surface area contributed by atoms with Crippen LogP contribution >= 0.6 is 0 Å². The van der Waals surface area contributed by atoms with Crippen molar-refractivity contribution in [3.05, 3.63) is 48.3 Å². The summed E-state index contributed by atoms with van der Waals surface area (Å²) in [7, 11) is 0. The van der Waals surface area contributed by atoms with E-state index in [-0.39, 0.29) is 24.1 Å². The zero-order chi connectivity index (χ0) is 16.9. The number of carbonyl (C=O) groups excluding carboxylic acids is 1. The van der Waals surface area contributed by atoms with Gasteiger partial charge in [-0.05, 0) is 30.7 Å². The highest BCUT2D eigenvalue weighted by Gasteiger charge is 2.30. The zero-order valence-corrected chi connectivity index (χ0v) is 12.4. The Labute approximate surface area is 131 Å². The van der Waals surface area contributed by atoms with Crippen molar-refractivity contribution in [2.24, 2.45) is 0 Å². The van der Waals surface area contributed by atoms with Crippen molar-refractivity contribution < 1.29 is 22.7 Å². The van der Waals surface area contributed by atoms with Gasteiger partial charge >= 0.3 is 6.36 Å². The van der Waals surface area contributed by atoms with Gasteiger partial charge in [-0.3, -0.25) is 9.48 Å². The molecule has 0 aliphatic heterocycles. The number of aromatic nitrogens is 2. The number of rotatable bonds is 6. The average molecular weight is 327 g/mol. The van der Waals surface area contributed by atoms with Gasteiger partial charge in [-0.25, -0.2) is 0 Å². The maximum atomic E-state index is 12.1. The molecule has 8 heteroatoms. The van der Waals surface area contributed by atoms with Crippen molar-refractivity contribution in [1.82, 2.24) is 15.1 Å². The first kappa shape index (κ1) is 16.9. The largest absolute Gasteiger partial charge is 0.573 e. The lowest BCUT2D eigenvalue weighted by atomic mass is 10.1. The summed E-state index contributed by atoms with van der Waals surface area (Å²) in [6.45, 7) is 2.39. The van der Waals surface area contributed by atoms with Crippen molar-refractivity contribution in [3.8, 4) is 5.75 Å². The molecule has 0 radical (unpaired) electrons. The molecule has 2 rings (SSSR count). The highest BCUT2D eigenvalue weighted by molar-refractivity contribution is 5.78. The van der Waals surface area contributed by atoms with Crippen LogP contribution in [0.1, 0.15) is 12.5 Å². The van der Waals surface area contributed by atoms with Gasteiger partial charge in [0.05, 0.1) is 13.0 Å². The van der Waals surface area contributed by atoms with E-state index in [0.29, 0.717) is 12.1 Å². The lowest BCUT2D eigenvalue weighted by Crippen LogP contribution is -2.36. The fraction of sp³-hybridized carbons (Fsp3) is 0.333. The molecular weight excluding hydrogens is 311 g/mol. The van der Waals surface area contributed by atoms with Crippen LogP contribution in [0.4, 0.5) is 13.2 Å². The minimum Gasteiger partial charge on any atom is -0.406 e. The summed E-state index contributed by atoms with van der Waals surface area (Å²) >= 11 is 0. The predicted molar refractivity (Wildman–Crippen MR) is 76.7 cm³/mol. The fourth-order valence-electron chi connectivity index (χ4n) is 2.05. The summed E-state index contributed by atoms with van der Waals surface area (Å²) in [4.78, 5) is 11.9. The van der Waals surface area contributed by atoms with E-state index in [2.05, 4.69) is 15.2 Å². The van der Waals surface area contributed by atoms with Gasteiger partial charge in [0.2, 0.25) is 5.91 Å². The van der Waals surface area contributed by atoms with E-state index in [1.54, 1.807) is 23.1 Å². The van der Waals surface area contributed by atoms with Crippen LogP contribution in [0.2, 0.25) is 0 Å². The van der Waals surface area contributed by atoms with Crippen LogP contribution in [-0.4, -0.2) is 28.1 Å². The summed E-state index contributed by atoms with van der Waals surface area (Å²) in [6.07, 6.45) is -1.20. The quantitative estimate of drug-likeness (QED) is 0.887. The van der Waals surface area contributed by atoms with Crippen LogP contribution in [0.3, 0.4) is 0 Å². The molecule has 1 aromatic carbocycles. The average Bonchev–Trinajstić information content (AvgIpc) is 2.91. The lowest BCUT2D eigenvalue weighted by molar-refractivity contribution is -0.274. The summed E-state index contributed by atoms with van der Waals surface area (Å²) < 4.78 is 41.6. The molecule has 0 bridgehead atoms.